The minimum atomic E-state index is 0.0216. The Morgan fingerprint density at radius 3 is 3.00 bits per heavy atom. The number of ether oxygens (including phenoxy) is 1. The van der Waals surface area contributed by atoms with Gasteiger partial charge in [0.15, 0.2) is 0 Å². The van der Waals surface area contributed by atoms with Crippen molar-refractivity contribution in [3.05, 3.63) is 34.0 Å². The van der Waals surface area contributed by atoms with E-state index in [-0.39, 0.29) is 6.61 Å². The molecule has 2 rings (SSSR count). The molecular weight excluding hydrogens is 305 g/mol. The first-order valence-electron chi connectivity index (χ1n) is 4.59. The van der Waals surface area contributed by atoms with Crippen molar-refractivity contribution in [1.82, 2.24) is 4.98 Å². The summed E-state index contributed by atoms with van der Waals surface area (Å²) in [5, 5.41) is 9.70. The van der Waals surface area contributed by atoms with Gasteiger partial charge in [-0.3, -0.25) is 4.98 Å². The summed E-state index contributed by atoms with van der Waals surface area (Å²) in [5.41, 5.74) is 0.908. The van der Waals surface area contributed by atoms with Crippen molar-refractivity contribution in [3.8, 4) is 5.75 Å². The quantitative estimate of drug-likeness (QED) is 0.883. The second kappa shape index (κ2) is 4.76. The standard InChI is InChI=1S/C11H10INO2/c12-8-1-2-10-9(7-8)11(3-4-13-10)15-6-5-14/h1-4,7,14H,5-6H2. The molecule has 0 fully saturated rings. The van der Waals surface area contributed by atoms with Crippen LogP contribution in [0.3, 0.4) is 0 Å². The summed E-state index contributed by atoms with van der Waals surface area (Å²) in [5.74, 6) is 0.771. The van der Waals surface area contributed by atoms with Crippen LogP contribution in [0.2, 0.25) is 0 Å². The van der Waals surface area contributed by atoms with Gasteiger partial charge in [-0.2, -0.15) is 0 Å². The fraction of sp³-hybridized carbons (Fsp3) is 0.182. The maximum atomic E-state index is 8.71. The third-order valence-corrected chi connectivity index (χ3v) is 2.68. The number of nitrogens with zero attached hydrogens (tertiary/aromatic N) is 1. The molecular formula is C11H10INO2. The lowest BCUT2D eigenvalue weighted by molar-refractivity contribution is 0.203. The molecule has 0 saturated carbocycles. The Balaban J connectivity index is 2.48. The number of hydrogen-bond donors (Lipinski definition) is 1. The van der Waals surface area contributed by atoms with Crippen molar-refractivity contribution in [3.63, 3.8) is 0 Å². The summed E-state index contributed by atoms with van der Waals surface area (Å²) in [6, 6.07) is 7.80. The highest BCUT2D eigenvalue weighted by atomic mass is 127. The Hall–Kier alpha value is -0.880. The number of aliphatic hydroxyl groups excluding tert-OH is 1. The summed E-state index contributed by atoms with van der Waals surface area (Å²) in [4.78, 5) is 4.25. The Morgan fingerprint density at radius 2 is 2.20 bits per heavy atom. The van der Waals surface area contributed by atoms with Crippen LogP contribution in [0.4, 0.5) is 0 Å². The molecule has 1 heterocycles. The molecule has 2 aromatic rings. The molecule has 0 aliphatic heterocycles. The molecule has 1 N–H and O–H groups in total. The number of fused-ring (bicyclic) bond motifs is 1. The van der Waals surface area contributed by atoms with Gasteiger partial charge in [0.05, 0.1) is 12.1 Å². The molecule has 0 unspecified atom stereocenters. The molecule has 4 heteroatoms. The normalized spacial score (nSPS) is 10.5. The van der Waals surface area contributed by atoms with E-state index in [1.807, 2.05) is 24.3 Å². The highest BCUT2D eigenvalue weighted by Crippen LogP contribution is 2.25. The highest BCUT2D eigenvalue weighted by Gasteiger charge is 2.02. The number of hydrogen-bond acceptors (Lipinski definition) is 3. The highest BCUT2D eigenvalue weighted by molar-refractivity contribution is 14.1. The first kappa shape index (κ1) is 10.6. The van der Waals surface area contributed by atoms with Crippen LogP contribution in [0.5, 0.6) is 5.75 Å². The lowest BCUT2D eigenvalue weighted by atomic mass is 10.2. The predicted octanol–water partition coefficient (Wildman–Crippen LogP) is 2.21. The van der Waals surface area contributed by atoms with Crippen molar-refractivity contribution < 1.29 is 9.84 Å². The first-order chi connectivity index (χ1) is 7.31. The van der Waals surface area contributed by atoms with Crippen LogP contribution in [-0.4, -0.2) is 23.3 Å². The number of rotatable bonds is 3. The maximum absolute atomic E-state index is 8.71. The SMILES string of the molecule is OCCOc1ccnc2ccc(I)cc12. The molecule has 0 aliphatic rings. The van der Waals surface area contributed by atoms with Crippen molar-refractivity contribution >= 4 is 33.5 Å². The van der Waals surface area contributed by atoms with Crippen LogP contribution in [0.25, 0.3) is 10.9 Å². The topological polar surface area (TPSA) is 42.4 Å². The van der Waals surface area contributed by atoms with Gasteiger partial charge in [-0.1, -0.05) is 0 Å². The van der Waals surface area contributed by atoms with E-state index in [1.54, 1.807) is 6.20 Å². The van der Waals surface area contributed by atoms with Gasteiger partial charge >= 0.3 is 0 Å². The van der Waals surface area contributed by atoms with Crippen molar-refractivity contribution in [2.75, 3.05) is 13.2 Å². The lowest BCUT2D eigenvalue weighted by Crippen LogP contribution is -2.02. The Labute approximate surface area is 101 Å². The molecule has 78 valence electrons. The molecule has 0 aliphatic carbocycles. The van der Waals surface area contributed by atoms with E-state index in [0.29, 0.717) is 6.61 Å². The van der Waals surface area contributed by atoms with E-state index in [0.717, 1.165) is 20.2 Å². The van der Waals surface area contributed by atoms with Gasteiger partial charge in [0.2, 0.25) is 0 Å². The molecule has 15 heavy (non-hydrogen) atoms. The third kappa shape index (κ3) is 2.38. The average Bonchev–Trinajstić information content (AvgIpc) is 2.26. The molecule has 1 aromatic heterocycles. The number of pyridine rings is 1. The number of halogens is 1. The van der Waals surface area contributed by atoms with Crippen LogP contribution >= 0.6 is 22.6 Å². The van der Waals surface area contributed by atoms with E-state index in [4.69, 9.17) is 9.84 Å². The third-order valence-electron chi connectivity index (χ3n) is 2.01. The minimum Gasteiger partial charge on any atom is -0.490 e. The minimum absolute atomic E-state index is 0.0216. The second-order valence-corrected chi connectivity index (χ2v) is 4.29. The molecule has 0 spiro atoms. The van der Waals surface area contributed by atoms with Gasteiger partial charge in [-0.05, 0) is 46.9 Å². The first-order valence-corrected chi connectivity index (χ1v) is 5.67. The van der Waals surface area contributed by atoms with Gasteiger partial charge in [0.1, 0.15) is 12.4 Å². The average molecular weight is 315 g/mol. The van der Waals surface area contributed by atoms with Crippen LogP contribution < -0.4 is 4.74 Å². The van der Waals surface area contributed by atoms with E-state index < -0.39 is 0 Å². The van der Waals surface area contributed by atoms with Crippen molar-refractivity contribution in [2.45, 2.75) is 0 Å². The van der Waals surface area contributed by atoms with Crippen LogP contribution in [0.1, 0.15) is 0 Å². The number of benzene rings is 1. The zero-order valence-electron chi connectivity index (χ0n) is 7.98. The molecule has 0 radical (unpaired) electrons. The number of aromatic nitrogens is 1. The smallest absolute Gasteiger partial charge is 0.130 e. The van der Waals surface area contributed by atoms with Gasteiger partial charge < -0.3 is 9.84 Å². The molecule has 3 nitrogen and oxygen atoms in total. The van der Waals surface area contributed by atoms with E-state index in [1.165, 1.54) is 0 Å². The fourth-order valence-corrected chi connectivity index (χ4v) is 1.87. The van der Waals surface area contributed by atoms with Crippen LogP contribution in [-0.2, 0) is 0 Å². The summed E-state index contributed by atoms with van der Waals surface area (Å²) < 4.78 is 6.57. The predicted molar refractivity (Wildman–Crippen MR) is 67.0 cm³/mol. The van der Waals surface area contributed by atoms with Crippen molar-refractivity contribution in [1.29, 1.82) is 0 Å². The van der Waals surface area contributed by atoms with Crippen molar-refractivity contribution in [2.24, 2.45) is 0 Å². The monoisotopic (exact) mass is 315 g/mol. The lowest BCUT2D eigenvalue weighted by Gasteiger charge is -2.07. The van der Waals surface area contributed by atoms with E-state index >= 15 is 0 Å². The summed E-state index contributed by atoms with van der Waals surface area (Å²) in [6.45, 7) is 0.332. The molecule has 0 atom stereocenters. The van der Waals surface area contributed by atoms with Crippen LogP contribution in [0, 0.1) is 3.57 Å². The summed E-state index contributed by atoms with van der Waals surface area (Å²) in [7, 11) is 0. The van der Waals surface area contributed by atoms with Gasteiger partial charge in [-0.25, -0.2) is 0 Å². The zero-order chi connectivity index (χ0) is 10.7. The second-order valence-electron chi connectivity index (χ2n) is 3.04. The van der Waals surface area contributed by atoms with Crippen LogP contribution in [0.15, 0.2) is 30.5 Å². The van der Waals surface area contributed by atoms with Gasteiger partial charge in [0, 0.05) is 15.2 Å². The fourth-order valence-electron chi connectivity index (χ4n) is 1.37. The summed E-state index contributed by atoms with van der Waals surface area (Å²) >= 11 is 2.25. The van der Waals surface area contributed by atoms with E-state index in [9.17, 15) is 0 Å². The zero-order valence-corrected chi connectivity index (χ0v) is 10.1. The van der Waals surface area contributed by atoms with E-state index in [2.05, 4.69) is 27.6 Å². The Kier molecular flexibility index (Phi) is 3.37. The molecule has 0 amide bonds. The Bertz CT molecular complexity index is 473. The molecule has 1 aromatic carbocycles. The number of aliphatic hydroxyl groups is 1. The molecule has 0 bridgehead atoms. The maximum Gasteiger partial charge on any atom is 0.130 e. The largest absolute Gasteiger partial charge is 0.490 e. The summed E-state index contributed by atoms with van der Waals surface area (Å²) in [6.07, 6.45) is 1.71. The Morgan fingerprint density at radius 1 is 1.33 bits per heavy atom. The molecule has 0 saturated heterocycles. The van der Waals surface area contributed by atoms with Gasteiger partial charge in [-0.15, -0.1) is 0 Å². The van der Waals surface area contributed by atoms with Gasteiger partial charge in [0.25, 0.3) is 0 Å².